The Hall–Kier alpha value is -0.830. The van der Waals surface area contributed by atoms with Gasteiger partial charge in [0.1, 0.15) is 5.69 Å². The van der Waals surface area contributed by atoms with Crippen LogP contribution in [-0.2, 0) is 6.42 Å². The van der Waals surface area contributed by atoms with Crippen molar-refractivity contribution in [3.63, 3.8) is 0 Å². The summed E-state index contributed by atoms with van der Waals surface area (Å²) in [6, 6.07) is 0. The molecule has 4 heteroatoms. The lowest BCUT2D eigenvalue weighted by Crippen LogP contribution is -2.10. The molecule has 0 aliphatic carbocycles. The van der Waals surface area contributed by atoms with Crippen LogP contribution in [0.1, 0.15) is 26.0 Å². The molecule has 0 aromatic carbocycles. The number of nitrogens with zero attached hydrogens (tertiary/aromatic N) is 2. The van der Waals surface area contributed by atoms with Gasteiger partial charge in [-0.15, -0.1) is 11.6 Å². The fourth-order valence-corrected chi connectivity index (χ4v) is 1.41. The highest BCUT2D eigenvalue weighted by Crippen LogP contribution is 2.19. The monoisotopic (exact) mass is 228 g/mol. The van der Waals surface area contributed by atoms with E-state index in [0.717, 1.165) is 18.5 Å². The zero-order chi connectivity index (χ0) is 11.3. The second-order valence-electron chi connectivity index (χ2n) is 3.81. The van der Waals surface area contributed by atoms with Crippen molar-refractivity contribution >= 4 is 11.6 Å². The maximum Gasteiger partial charge on any atom is 0.235 e. The van der Waals surface area contributed by atoms with Crippen LogP contribution in [0.5, 0.6) is 5.88 Å². The topological polar surface area (TPSA) is 35.0 Å². The molecule has 1 rings (SSSR count). The van der Waals surface area contributed by atoms with Crippen LogP contribution in [0, 0.1) is 5.92 Å². The Bertz CT molecular complexity index is 304. The molecule has 15 heavy (non-hydrogen) atoms. The molecule has 0 saturated carbocycles. The number of hydrogen-bond donors (Lipinski definition) is 0. The number of ether oxygens (including phenoxy) is 1. The van der Waals surface area contributed by atoms with Crippen molar-refractivity contribution in [1.29, 1.82) is 0 Å². The summed E-state index contributed by atoms with van der Waals surface area (Å²) in [5, 5.41) is 0.178. The Kier molecular flexibility index (Phi) is 4.82. The minimum Gasteiger partial charge on any atom is -0.480 e. The van der Waals surface area contributed by atoms with E-state index in [4.69, 9.17) is 16.3 Å². The van der Waals surface area contributed by atoms with Gasteiger partial charge in [-0.25, -0.2) is 4.98 Å². The molecule has 0 aliphatic rings. The molecular weight excluding hydrogens is 212 g/mol. The lowest BCUT2D eigenvalue weighted by molar-refractivity contribution is 0.387. The summed E-state index contributed by atoms with van der Waals surface area (Å²) in [5.41, 5.74) is 0.881. The van der Waals surface area contributed by atoms with Crippen molar-refractivity contribution in [2.75, 3.05) is 7.11 Å². The van der Waals surface area contributed by atoms with Gasteiger partial charge < -0.3 is 4.74 Å². The summed E-state index contributed by atoms with van der Waals surface area (Å²) in [7, 11) is 1.61. The summed E-state index contributed by atoms with van der Waals surface area (Å²) in [6.45, 7) is 4.23. The van der Waals surface area contributed by atoms with Crippen LogP contribution in [0.4, 0.5) is 0 Å². The van der Waals surface area contributed by atoms with Crippen molar-refractivity contribution < 1.29 is 4.74 Å². The first-order valence-electron chi connectivity index (χ1n) is 5.13. The Morgan fingerprint density at radius 1 is 1.33 bits per heavy atom. The van der Waals surface area contributed by atoms with Gasteiger partial charge in [-0.3, -0.25) is 4.98 Å². The number of alkyl halides is 1. The Morgan fingerprint density at radius 2 is 2.00 bits per heavy atom. The van der Waals surface area contributed by atoms with Crippen LogP contribution in [0.25, 0.3) is 0 Å². The summed E-state index contributed by atoms with van der Waals surface area (Å²) in [4.78, 5) is 8.33. The molecule has 0 fully saturated rings. The van der Waals surface area contributed by atoms with Gasteiger partial charge in [-0.2, -0.15) is 0 Å². The highest BCUT2D eigenvalue weighted by atomic mass is 35.5. The first-order chi connectivity index (χ1) is 7.15. The molecule has 1 aromatic heterocycles. The smallest absolute Gasteiger partial charge is 0.235 e. The van der Waals surface area contributed by atoms with Gasteiger partial charge in [0.2, 0.25) is 5.88 Å². The van der Waals surface area contributed by atoms with E-state index in [9.17, 15) is 0 Å². The molecule has 0 N–H and O–H groups in total. The molecule has 1 aromatic rings. The zero-order valence-corrected chi connectivity index (χ0v) is 10.2. The summed E-state index contributed by atoms with van der Waals surface area (Å²) in [5.74, 6) is 1.08. The molecule has 0 radical (unpaired) electrons. The number of hydrogen-bond acceptors (Lipinski definition) is 3. The third-order valence-electron chi connectivity index (χ3n) is 2.31. The van der Waals surface area contributed by atoms with E-state index in [2.05, 4.69) is 23.8 Å². The lowest BCUT2D eigenvalue weighted by Gasteiger charge is -2.13. The SMILES string of the molecule is COc1nccnc1CCC(Cl)C(C)C. The highest BCUT2D eigenvalue weighted by molar-refractivity contribution is 6.20. The van der Waals surface area contributed by atoms with Gasteiger partial charge in [-0.1, -0.05) is 13.8 Å². The quantitative estimate of drug-likeness (QED) is 0.727. The highest BCUT2D eigenvalue weighted by Gasteiger charge is 2.12. The third kappa shape index (κ3) is 3.67. The Balaban J connectivity index is 2.57. The Labute approximate surface area is 95.8 Å². The first kappa shape index (κ1) is 12.2. The number of aromatic nitrogens is 2. The summed E-state index contributed by atoms with van der Waals surface area (Å²) >= 11 is 6.17. The summed E-state index contributed by atoms with van der Waals surface area (Å²) < 4.78 is 5.12. The van der Waals surface area contributed by atoms with Crippen molar-refractivity contribution in [3.8, 4) is 5.88 Å². The van der Waals surface area contributed by atoms with Crippen molar-refractivity contribution in [2.24, 2.45) is 5.92 Å². The van der Waals surface area contributed by atoms with Crippen molar-refractivity contribution in [1.82, 2.24) is 9.97 Å². The van der Waals surface area contributed by atoms with Gasteiger partial charge in [-0.05, 0) is 18.8 Å². The molecule has 1 heterocycles. The average Bonchev–Trinajstić information content (AvgIpc) is 2.26. The zero-order valence-electron chi connectivity index (χ0n) is 9.40. The second kappa shape index (κ2) is 5.91. The maximum atomic E-state index is 6.17. The fraction of sp³-hybridized carbons (Fsp3) is 0.636. The summed E-state index contributed by atoms with van der Waals surface area (Å²) in [6.07, 6.45) is 5.01. The van der Waals surface area contributed by atoms with E-state index < -0.39 is 0 Å². The first-order valence-corrected chi connectivity index (χ1v) is 5.56. The second-order valence-corrected chi connectivity index (χ2v) is 4.37. The molecule has 0 spiro atoms. The van der Waals surface area contributed by atoms with Gasteiger partial charge in [0.25, 0.3) is 0 Å². The van der Waals surface area contributed by atoms with E-state index >= 15 is 0 Å². The van der Waals surface area contributed by atoms with E-state index in [1.54, 1.807) is 19.5 Å². The number of rotatable bonds is 5. The third-order valence-corrected chi connectivity index (χ3v) is 3.03. The minimum absolute atomic E-state index is 0.178. The average molecular weight is 229 g/mol. The number of halogens is 1. The van der Waals surface area contributed by atoms with Crippen molar-refractivity contribution in [2.45, 2.75) is 32.1 Å². The largest absolute Gasteiger partial charge is 0.480 e. The van der Waals surface area contributed by atoms with E-state index in [1.165, 1.54) is 0 Å². The van der Waals surface area contributed by atoms with E-state index in [-0.39, 0.29) is 5.38 Å². The van der Waals surface area contributed by atoms with Crippen molar-refractivity contribution in [3.05, 3.63) is 18.1 Å². The van der Waals surface area contributed by atoms with E-state index in [0.29, 0.717) is 11.8 Å². The fourth-order valence-electron chi connectivity index (χ4n) is 1.30. The van der Waals surface area contributed by atoms with Crippen LogP contribution in [0.3, 0.4) is 0 Å². The molecule has 1 unspecified atom stereocenters. The molecule has 84 valence electrons. The van der Waals surface area contributed by atoms with Crippen LogP contribution in [0.2, 0.25) is 0 Å². The predicted octanol–water partition coefficient (Wildman–Crippen LogP) is 2.68. The van der Waals surface area contributed by atoms with Crippen LogP contribution in [-0.4, -0.2) is 22.5 Å². The molecule has 0 bridgehead atoms. The predicted molar refractivity (Wildman–Crippen MR) is 61.4 cm³/mol. The van der Waals surface area contributed by atoms with E-state index in [1.807, 2.05) is 0 Å². The minimum atomic E-state index is 0.178. The van der Waals surface area contributed by atoms with Crippen LogP contribution < -0.4 is 4.74 Å². The molecule has 1 atom stereocenters. The molecule has 0 amide bonds. The molecule has 0 saturated heterocycles. The number of methoxy groups -OCH3 is 1. The van der Waals surface area contributed by atoms with Gasteiger partial charge in [0.05, 0.1) is 7.11 Å². The number of aryl methyl sites for hydroxylation is 1. The lowest BCUT2D eigenvalue weighted by atomic mass is 10.0. The Morgan fingerprint density at radius 3 is 2.60 bits per heavy atom. The molecular formula is C11H17ClN2O. The molecule has 0 aliphatic heterocycles. The van der Waals surface area contributed by atoms with Crippen LogP contribution >= 0.6 is 11.6 Å². The maximum absolute atomic E-state index is 6.17. The van der Waals surface area contributed by atoms with Gasteiger partial charge in [0, 0.05) is 17.8 Å². The standard InChI is InChI=1S/C11H17ClN2O/c1-8(2)9(12)4-5-10-11(15-3)14-7-6-13-10/h6-9H,4-5H2,1-3H3. The van der Waals surface area contributed by atoms with Gasteiger partial charge >= 0.3 is 0 Å². The normalized spacial score (nSPS) is 12.9. The van der Waals surface area contributed by atoms with Crippen LogP contribution in [0.15, 0.2) is 12.4 Å². The van der Waals surface area contributed by atoms with Gasteiger partial charge in [0.15, 0.2) is 0 Å². The molecule has 3 nitrogen and oxygen atoms in total.